The van der Waals surface area contributed by atoms with Crippen LogP contribution in [-0.2, 0) is 4.79 Å². The summed E-state index contributed by atoms with van der Waals surface area (Å²) in [5.74, 6) is -4.72. The number of hydrogen-bond acceptors (Lipinski definition) is 1. The standard InChI is InChI=1S/C12H11F3O2/c1-7(3-2-4-12(16)17)8-5-10(14)11(15)6-9(8)13/h2,4-7H,3H2,1H3,(H,16,17)/b4-2+. The second-order valence-corrected chi connectivity index (χ2v) is 3.67. The zero-order valence-corrected chi connectivity index (χ0v) is 9.08. The average Bonchev–Trinajstić information content (AvgIpc) is 2.22. The Morgan fingerprint density at radius 3 is 2.47 bits per heavy atom. The molecule has 0 heterocycles. The Morgan fingerprint density at radius 2 is 1.88 bits per heavy atom. The molecule has 0 aromatic heterocycles. The van der Waals surface area contributed by atoms with E-state index in [1.165, 1.54) is 6.08 Å². The molecule has 0 aliphatic heterocycles. The minimum Gasteiger partial charge on any atom is -0.478 e. The number of benzene rings is 1. The van der Waals surface area contributed by atoms with Crippen molar-refractivity contribution in [3.8, 4) is 0 Å². The highest BCUT2D eigenvalue weighted by molar-refractivity contribution is 5.79. The van der Waals surface area contributed by atoms with Crippen molar-refractivity contribution in [3.05, 3.63) is 47.3 Å². The van der Waals surface area contributed by atoms with Crippen LogP contribution in [0.4, 0.5) is 13.2 Å². The van der Waals surface area contributed by atoms with Crippen LogP contribution in [0.2, 0.25) is 0 Å². The SMILES string of the molecule is CC(C/C=C/C(=O)O)c1cc(F)c(F)cc1F. The van der Waals surface area contributed by atoms with Crippen molar-refractivity contribution in [2.75, 3.05) is 0 Å². The third kappa shape index (κ3) is 3.62. The van der Waals surface area contributed by atoms with Gasteiger partial charge < -0.3 is 5.11 Å². The predicted octanol–water partition coefficient (Wildman–Crippen LogP) is 3.24. The van der Waals surface area contributed by atoms with Crippen LogP contribution >= 0.6 is 0 Å². The number of hydrogen-bond donors (Lipinski definition) is 1. The Kier molecular flexibility index (Phi) is 4.31. The van der Waals surface area contributed by atoms with E-state index in [2.05, 4.69) is 0 Å². The van der Waals surface area contributed by atoms with Crippen molar-refractivity contribution in [2.24, 2.45) is 0 Å². The van der Waals surface area contributed by atoms with Crippen LogP contribution in [0.1, 0.15) is 24.8 Å². The summed E-state index contributed by atoms with van der Waals surface area (Å²) in [7, 11) is 0. The zero-order valence-electron chi connectivity index (χ0n) is 9.08. The summed E-state index contributed by atoms with van der Waals surface area (Å²) in [5, 5.41) is 8.36. The molecule has 17 heavy (non-hydrogen) atoms. The highest BCUT2D eigenvalue weighted by atomic mass is 19.2. The molecule has 1 atom stereocenters. The quantitative estimate of drug-likeness (QED) is 0.652. The van der Waals surface area contributed by atoms with Crippen molar-refractivity contribution in [1.29, 1.82) is 0 Å². The Labute approximate surface area is 96.4 Å². The van der Waals surface area contributed by atoms with E-state index >= 15 is 0 Å². The van der Waals surface area contributed by atoms with Gasteiger partial charge in [0.25, 0.3) is 0 Å². The molecule has 1 aromatic rings. The van der Waals surface area contributed by atoms with Gasteiger partial charge in [-0.05, 0) is 24.0 Å². The third-order valence-electron chi connectivity index (χ3n) is 2.32. The normalized spacial score (nSPS) is 12.9. The van der Waals surface area contributed by atoms with Crippen LogP contribution in [0.25, 0.3) is 0 Å². The van der Waals surface area contributed by atoms with Gasteiger partial charge in [0.2, 0.25) is 0 Å². The molecule has 0 saturated heterocycles. The van der Waals surface area contributed by atoms with Crippen molar-refractivity contribution in [3.63, 3.8) is 0 Å². The highest BCUT2D eigenvalue weighted by Gasteiger charge is 2.14. The number of carboxylic acid groups (broad SMARTS) is 1. The predicted molar refractivity (Wildman–Crippen MR) is 56.1 cm³/mol. The van der Waals surface area contributed by atoms with E-state index in [4.69, 9.17) is 5.11 Å². The molecule has 0 spiro atoms. The first-order valence-electron chi connectivity index (χ1n) is 4.95. The fourth-order valence-corrected chi connectivity index (χ4v) is 1.42. The molecule has 1 unspecified atom stereocenters. The molecule has 1 aromatic carbocycles. The first-order chi connectivity index (χ1) is 7.91. The summed E-state index contributed by atoms with van der Waals surface area (Å²) in [6.07, 6.45) is 2.50. The summed E-state index contributed by atoms with van der Waals surface area (Å²) in [6, 6.07) is 1.28. The van der Waals surface area contributed by atoms with Crippen LogP contribution < -0.4 is 0 Å². The molecule has 0 aliphatic rings. The summed E-state index contributed by atoms with van der Waals surface area (Å²) < 4.78 is 38.9. The lowest BCUT2D eigenvalue weighted by atomic mass is 9.97. The molecule has 0 radical (unpaired) electrons. The smallest absolute Gasteiger partial charge is 0.327 e. The van der Waals surface area contributed by atoms with Gasteiger partial charge in [0.15, 0.2) is 11.6 Å². The molecule has 0 saturated carbocycles. The van der Waals surface area contributed by atoms with E-state index in [0.717, 1.165) is 12.1 Å². The van der Waals surface area contributed by atoms with Crippen LogP contribution in [-0.4, -0.2) is 11.1 Å². The molecule has 1 N–H and O–H groups in total. The third-order valence-corrected chi connectivity index (χ3v) is 2.32. The van der Waals surface area contributed by atoms with Gasteiger partial charge in [0, 0.05) is 12.1 Å². The number of carbonyl (C=O) groups is 1. The number of aliphatic carboxylic acids is 1. The van der Waals surface area contributed by atoms with E-state index in [0.29, 0.717) is 6.07 Å². The summed E-state index contributed by atoms with van der Waals surface area (Å²) >= 11 is 0. The minimum atomic E-state index is -1.24. The Bertz CT molecular complexity index is 455. The summed E-state index contributed by atoms with van der Waals surface area (Å²) in [5.41, 5.74) is 0.0268. The molecule has 0 bridgehead atoms. The first kappa shape index (κ1) is 13.3. The molecule has 0 amide bonds. The minimum absolute atomic E-state index is 0.0268. The van der Waals surface area contributed by atoms with Gasteiger partial charge in [-0.1, -0.05) is 13.0 Å². The van der Waals surface area contributed by atoms with Crippen LogP contribution in [0.15, 0.2) is 24.3 Å². The molecule has 0 fully saturated rings. The van der Waals surface area contributed by atoms with Gasteiger partial charge >= 0.3 is 5.97 Å². The lowest BCUT2D eigenvalue weighted by Crippen LogP contribution is -2.00. The largest absolute Gasteiger partial charge is 0.478 e. The van der Waals surface area contributed by atoms with E-state index in [1.54, 1.807) is 6.92 Å². The van der Waals surface area contributed by atoms with Gasteiger partial charge in [-0.25, -0.2) is 18.0 Å². The zero-order chi connectivity index (χ0) is 13.0. The average molecular weight is 244 g/mol. The van der Waals surface area contributed by atoms with Crippen molar-refractivity contribution in [2.45, 2.75) is 19.3 Å². The number of halogens is 3. The van der Waals surface area contributed by atoms with Crippen molar-refractivity contribution < 1.29 is 23.1 Å². The molecule has 92 valence electrons. The van der Waals surface area contributed by atoms with Gasteiger partial charge in [-0.3, -0.25) is 0 Å². The Hall–Kier alpha value is -1.78. The fourth-order valence-electron chi connectivity index (χ4n) is 1.42. The molecule has 5 heteroatoms. The Balaban J connectivity index is 2.85. The Morgan fingerprint density at radius 1 is 1.29 bits per heavy atom. The topological polar surface area (TPSA) is 37.3 Å². The molecule has 1 rings (SSSR count). The van der Waals surface area contributed by atoms with E-state index < -0.39 is 29.3 Å². The second kappa shape index (κ2) is 5.52. The maximum Gasteiger partial charge on any atom is 0.327 e. The molecule has 2 nitrogen and oxygen atoms in total. The van der Waals surface area contributed by atoms with Gasteiger partial charge in [-0.15, -0.1) is 0 Å². The number of rotatable bonds is 4. The van der Waals surface area contributed by atoms with Crippen LogP contribution in [0, 0.1) is 17.5 Å². The second-order valence-electron chi connectivity index (χ2n) is 3.67. The van der Waals surface area contributed by atoms with Gasteiger partial charge in [-0.2, -0.15) is 0 Å². The van der Waals surface area contributed by atoms with Crippen LogP contribution in [0.5, 0.6) is 0 Å². The first-order valence-corrected chi connectivity index (χ1v) is 4.95. The van der Waals surface area contributed by atoms with Crippen molar-refractivity contribution in [1.82, 2.24) is 0 Å². The lowest BCUT2D eigenvalue weighted by molar-refractivity contribution is -0.131. The summed E-state index contributed by atoms with van der Waals surface area (Å²) in [4.78, 5) is 10.2. The van der Waals surface area contributed by atoms with Gasteiger partial charge in [0.1, 0.15) is 5.82 Å². The summed E-state index contributed by atoms with van der Waals surface area (Å²) in [6.45, 7) is 1.60. The molecule has 0 aliphatic carbocycles. The van der Waals surface area contributed by atoms with E-state index in [9.17, 15) is 18.0 Å². The highest BCUT2D eigenvalue weighted by Crippen LogP contribution is 2.24. The molecular weight excluding hydrogens is 233 g/mol. The van der Waals surface area contributed by atoms with Gasteiger partial charge in [0.05, 0.1) is 0 Å². The van der Waals surface area contributed by atoms with Crippen molar-refractivity contribution >= 4 is 5.97 Å². The fraction of sp³-hybridized carbons (Fsp3) is 0.250. The van der Waals surface area contributed by atoms with E-state index in [-0.39, 0.29) is 12.0 Å². The lowest BCUT2D eigenvalue weighted by Gasteiger charge is -2.10. The monoisotopic (exact) mass is 244 g/mol. The number of allylic oxidation sites excluding steroid dienone is 1. The number of carboxylic acids is 1. The maximum atomic E-state index is 13.3. The van der Waals surface area contributed by atoms with E-state index in [1.807, 2.05) is 0 Å². The molecular formula is C12H11F3O2. The maximum absolute atomic E-state index is 13.3. The van der Waals surface area contributed by atoms with Crippen LogP contribution in [0.3, 0.4) is 0 Å².